The third-order valence-corrected chi connectivity index (χ3v) is 17.7. The van der Waals surface area contributed by atoms with Crippen LogP contribution >= 0.6 is 0 Å². The van der Waals surface area contributed by atoms with Gasteiger partial charge in [0, 0.05) is 87.5 Å². The number of nitro benzene ring substituents is 3. The molecule has 688 valence electrons. The number of ether oxygens (including phenoxy) is 8. The second kappa shape index (κ2) is 52.4. The number of carbonyl (C=O) groups is 9. The number of nitrogens with two attached hydrogens (primary N) is 4. The van der Waals surface area contributed by atoms with Crippen LogP contribution in [0.1, 0.15) is 232 Å². The van der Waals surface area contributed by atoms with Crippen LogP contribution in [0.15, 0.2) is 146 Å². The van der Waals surface area contributed by atoms with Gasteiger partial charge in [0.15, 0.2) is 17.2 Å². The Hall–Kier alpha value is -14.5. The quantitative estimate of drug-likeness (QED) is 0.00963. The number of amides is 9. The Bertz CT molecular complexity index is 5190. The van der Waals surface area contributed by atoms with E-state index in [9.17, 15) is 73.5 Å². The van der Waals surface area contributed by atoms with Crippen LogP contribution in [-0.4, -0.2) is 132 Å². The van der Waals surface area contributed by atoms with Gasteiger partial charge in [-0.1, -0.05) is 88.0 Å². The normalized spacial score (nSPS) is 10.9. The van der Waals surface area contributed by atoms with Crippen molar-refractivity contribution in [2.75, 3.05) is 72.7 Å². The van der Waals surface area contributed by atoms with Gasteiger partial charge in [-0.25, -0.2) is 0 Å². The monoisotopic (exact) mass is 1770 g/mol. The van der Waals surface area contributed by atoms with Gasteiger partial charge >= 0.3 is 17.1 Å². The predicted molar refractivity (Wildman–Crippen MR) is 488 cm³/mol. The molecule has 8 aromatic rings. The molecule has 36 heteroatoms. The van der Waals surface area contributed by atoms with Crippen molar-refractivity contribution in [3.05, 3.63) is 220 Å². The molecule has 0 spiro atoms. The van der Waals surface area contributed by atoms with Crippen molar-refractivity contribution in [3.63, 3.8) is 0 Å². The summed E-state index contributed by atoms with van der Waals surface area (Å²) in [4.78, 5) is 142. The molecule has 0 aliphatic rings. The van der Waals surface area contributed by atoms with Crippen LogP contribution in [0.3, 0.4) is 0 Å². The lowest BCUT2D eigenvalue weighted by atomic mass is 10.1. The lowest BCUT2D eigenvalue weighted by molar-refractivity contribution is -0.386. The average Bonchev–Trinajstić information content (AvgIpc) is 0.844. The molecule has 0 saturated heterocycles. The number of nitro groups is 3. The molecule has 1 unspecified atom stereocenters. The first-order valence-corrected chi connectivity index (χ1v) is 41.8. The van der Waals surface area contributed by atoms with E-state index in [0.29, 0.717) is 90.5 Å². The summed E-state index contributed by atoms with van der Waals surface area (Å²) in [6, 6.07) is 34.8. The molecule has 0 radical (unpaired) electrons. The van der Waals surface area contributed by atoms with Gasteiger partial charge in [-0.3, -0.25) is 73.5 Å². The first-order chi connectivity index (χ1) is 60.7. The number of nitrogens with one attached hydrogen (secondary N) is 6. The summed E-state index contributed by atoms with van der Waals surface area (Å²) in [5.41, 5.74) is 24.7. The highest BCUT2D eigenvalue weighted by Gasteiger charge is 2.26. The van der Waals surface area contributed by atoms with E-state index in [-0.39, 0.29) is 152 Å². The fourth-order valence-corrected chi connectivity index (χ4v) is 11.0. The van der Waals surface area contributed by atoms with E-state index in [1.807, 2.05) is 55.4 Å². The SMILES string of the molecule is CCC(C)COc1cc(C(=O)Nc2ccc(C(N)=O)cc2OC(C)C)ccc1[N+](=O)[O-].CCCCCNC(=O)c1ccc(NC(=O)c2ccc(NC(=O)CN)c(OCC(C)C)c2)c(OCC(C)C)c1.CCCCOc1cc(C(=O)Nc2ccc(C(N)=O)cc2OC(C)C)ccc1[N+](=O)[O-].CCCOc1cc(C(=O)Nc2ccc(C(N)=O)cc2OC(C)C)ccc1[N+](=O)[O-]. The van der Waals surface area contributed by atoms with Crippen LogP contribution in [0.5, 0.6) is 46.0 Å². The van der Waals surface area contributed by atoms with Crippen LogP contribution in [0.25, 0.3) is 0 Å². The molecule has 0 bridgehead atoms. The molecule has 36 nitrogen and oxygen atoms in total. The molecule has 128 heavy (non-hydrogen) atoms. The molecule has 0 heterocycles. The predicted octanol–water partition coefficient (Wildman–Crippen LogP) is 16.4. The van der Waals surface area contributed by atoms with Crippen LogP contribution in [-0.2, 0) is 4.79 Å². The number of anilines is 5. The Balaban J connectivity index is 0.000000304. The minimum atomic E-state index is -0.621. The highest BCUT2D eigenvalue weighted by molar-refractivity contribution is 6.09. The number of hydrogen-bond acceptors (Lipinski definition) is 24. The Morgan fingerprint density at radius 3 is 0.930 bits per heavy atom. The largest absolute Gasteiger partial charge is 0.491 e. The number of carbonyl (C=O) groups excluding carboxylic acids is 9. The van der Waals surface area contributed by atoms with Crippen molar-refractivity contribution in [1.82, 2.24) is 5.32 Å². The van der Waals surface area contributed by atoms with E-state index in [1.54, 1.807) is 77.9 Å². The van der Waals surface area contributed by atoms with Crippen molar-refractivity contribution >= 4 is 98.7 Å². The molecule has 9 amide bonds. The summed E-state index contributed by atoms with van der Waals surface area (Å²) in [5.74, 6) is -1.90. The van der Waals surface area contributed by atoms with Crippen molar-refractivity contribution < 1.29 is 95.8 Å². The Kier molecular flexibility index (Phi) is 42.6. The molecule has 0 saturated carbocycles. The highest BCUT2D eigenvalue weighted by Crippen LogP contribution is 2.37. The third-order valence-electron chi connectivity index (χ3n) is 17.7. The van der Waals surface area contributed by atoms with Gasteiger partial charge in [0.25, 0.3) is 29.5 Å². The topological polar surface area (TPSA) is 533 Å². The highest BCUT2D eigenvalue weighted by atomic mass is 16.6. The molecule has 8 rings (SSSR count). The molecular weight excluding hydrogens is 1660 g/mol. The summed E-state index contributed by atoms with van der Waals surface area (Å²) in [6.07, 6.45) is 5.55. The maximum atomic E-state index is 13.2. The van der Waals surface area contributed by atoms with E-state index in [1.165, 1.54) is 109 Å². The van der Waals surface area contributed by atoms with Gasteiger partial charge in [0.05, 0.1) is 101 Å². The summed E-state index contributed by atoms with van der Waals surface area (Å²) in [6.45, 7) is 30.9. The van der Waals surface area contributed by atoms with Gasteiger partial charge in [-0.2, -0.15) is 0 Å². The smallest absolute Gasteiger partial charge is 0.310 e. The fraction of sp³-hybridized carbons (Fsp3) is 0.380. The summed E-state index contributed by atoms with van der Waals surface area (Å²) < 4.78 is 45.4. The van der Waals surface area contributed by atoms with Crippen LogP contribution < -0.4 is 92.7 Å². The van der Waals surface area contributed by atoms with Gasteiger partial charge < -0.3 is 92.7 Å². The fourth-order valence-electron chi connectivity index (χ4n) is 11.0. The molecule has 0 aliphatic carbocycles. The lowest BCUT2D eigenvalue weighted by Gasteiger charge is -2.17. The van der Waals surface area contributed by atoms with Crippen molar-refractivity contribution in [3.8, 4) is 46.0 Å². The van der Waals surface area contributed by atoms with Crippen LogP contribution in [0, 0.1) is 48.1 Å². The minimum absolute atomic E-state index is 0.0206. The maximum Gasteiger partial charge on any atom is 0.310 e. The zero-order valence-corrected chi connectivity index (χ0v) is 74.8. The molecule has 0 aliphatic heterocycles. The lowest BCUT2D eigenvalue weighted by Crippen LogP contribution is -2.24. The third kappa shape index (κ3) is 34.2. The second-order valence-electron chi connectivity index (χ2n) is 30.8. The van der Waals surface area contributed by atoms with E-state index < -0.39 is 50.2 Å². The molecular formula is C92H117N13O23. The summed E-state index contributed by atoms with van der Waals surface area (Å²) >= 11 is 0. The second-order valence-corrected chi connectivity index (χ2v) is 30.8. The van der Waals surface area contributed by atoms with E-state index in [4.69, 9.17) is 60.8 Å². The van der Waals surface area contributed by atoms with E-state index >= 15 is 0 Å². The van der Waals surface area contributed by atoms with Crippen LogP contribution in [0.2, 0.25) is 0 Å². The van der Waals surface area contributed by atoms with E-state index in [2.05, 4.69) is 38.8 Å². The average molecular weight is 1770 g/mol. The number of hydrogen-bond donors (Lipinski definition) is 10. The standard InChI is InChI=1S/C29H42N4O5.C22H27N3O6.C21H25N3O6.C20H23N3O6/c1-6-7-8-13-31-28(35)21-9-12-24(26(14-21)38-18-20(4)5)33-29(36)22-10-11-23(32-27(34)16-30)25(15-22)37-17-19(2)3;1-5-14(4)12-30-20-11-16(7-9-18(20)25(28)29)22(27)24-17-8-6-15(21(23)26)10-19(17)31-13(2)3;1-4-5-10-29-19-12-15(7-9-17(19)24(27)28)21(26)23-16-8-6-14(20(22)25)11-18(16)30-13(2)3;1-4-9-28-18-11-14(6-8-16(18)23(26)27)20(25)22-15-7-5-13(19(21)24)10-17(15)29-12(2)3/h9-12,14-15,19-20H,6-8,13,16-18,30H2,1-5H3,(H,31,35)(H,32,34)(H,33,36);6-11,13-14H,5,12H2,1-4H3,(H2,23,26)(H,24,27);6-9,11-13H,4-5,10H2,1-3H3,(H2,22,25)(H,23,26);5-8,10-12H,4,9H2,1-3H3,(H2,21,24)(H,22,25). The zero-order chi connectivity index (χ0) is 95.0. The number of nitrogens with zero attached hydrogens (tertiary/aromatic N) is 3. The van der Waals surface area contributed by atoms with E-state index in [0.717, 1.165) is 38.5 Å². The van der Waals surface area contributed by atoms with Gasteiger partial charge in [0.2, 0.25) is 23.6 Å². The zero-order valence-electron chi connectivity index (χ0n) is 74.8. The van der Waals surface area contributed by atoms with Gasteiger partial charge in [-0.15, -0.1) is 0 Å². The number of benzene rings is 8. The maximum absolute atomic E-state index is 13.2. The number of unbranched alkanes of at least 4 members (excludes halogenated alkanes) is 3. The summed E-state index contributed by atoms with van der Waals surface area (Å²) in [5, 5.41) is 50.3. The van der Waals surface area contributed by atoms with Gasteiger partial charge in [0.1, 0.15) is 28.7 Å². The van der Waals surface area contributed by atoms with Gasteiger partial charge in [-0.05, 0) is 188 Å². The van der Waals surface area contributed by atoms with Crippen molar-refractivity contribution in [1.29, 1.82) is 0 Å². The van der Waals surface area contributed by atoms with Crippen molar-refractivity contribution in [2.45, 2.75) is 167 Å². The molecule has 0 aromatic heterocycles. The first-order valence-electron chi connectivity index (χ1n) is 41.8. The number of rotatable bonds is 44. The Morgan fingerprint density at radius 2 is 0.625 bits per heavy atom. The minimum Gasteiger partial charge on any atom is -0.491 e. The molecule has 8 aromatic carbocycles. The molecule has 1 atom stereocenters. The first kappa shape index (κ1) is 104. The Labute approximate surface area is 743 Å². The molecule has 14 N–H and O–H groups in total. The molecule has 0 fully saturated rings. The van der Waals surface area contributed by atoms with Crippen LogP contribution in [0.4, 0.5) is 45.5 Å². The summed E-state index contributed by atoms with van der Waals surface area (Å²) in [7, 11) is 0. The number of primary amides is 3. The van der Waals surface area contributed by atoms with Crippen molar-refractivity contribution in [2.24, 2.45) is 40.7 Å². The Morgan fingerprint density at radius 1 is 0.336 bits per heavy atom.